The molecule has 0 bridgehead atoms. The Morgan fingerprint density at radius 1 is 1.05 bits per heavy atom. The van der Waals surface area contributed by atoms with E-state index in [1.54, 1.807) is 7.11 Å². The first-order valence-electron chi connectivity index (χ1n) is 7.13. The van der Waals surface area contributed by atoms with Crippen molar-refractivity contribution in [2.45, 2.75) is 19.3 Å². The van der Waals surface area contributed by atoms with Crippen molar-refractivity contribution in [1.29, 1.82) is 0 Å². The molecule has 1 aliphatic carbocycles. The number of ether oxygens (including phenoxy) is 1. The summed E-state index contributed by atoms with van der Waals surface area (Å²) in [6, 6.07) is 15.0. The van der Waals surface area contributed by atoms with E-state index in [0.29, 0.717) is 0 Å². The molecule has 0 spiro atoms. The first-order chi connectivity index (χ1) is 9.86. The fourth-order valence-electron chi connectivity index (χ4n) is 3.28. The van der Waals surface area contributed by atoms with E-state index in [0.717, 1.165) is 18.6 Å². The fraction of sp³-hybridized carbons (Fsp3) is 0.222. The van der Waals surface area contributed by atoms with Crippen LogP contribution in [0, 0.1) is 0 Å². The van der Waals surface area contributed by atoms with Gasteiger partial charge in [-0.2, -0.15) is 0 Å². The summed E-state index contributed by atoms with van der Waals surface area (Å²) in [5.74, 6) is 0.928. The van der Waals surface area contributed by atoms with E-state index in [9.17, 15) is 0 Å². The Labute approximate surface area is 118 Å². The predicted molar refractivity (Wildman–Crippen MR) is 82.3 cm³/mol. The van der Waals surface area contributed by atoms with Crippen LogP contribution in [0.15, 0.2) is 42.5 Å². The van der Waals surface area contributed by atoms with Crippen LogP contribution < -0.4 is 4.74 Å². The Bertz CT molecular complexity index is 785. The van der Waals surface area contributed by atoms with E-state index in [-0.39, 0.29) is 0 Å². The number of fused-ring (bicyclic) bond motifs is 5. The molecule has 4 rings (SSSR count). The van der Waals surface area contributed by atoms with Crippen LogP contribution in [0.2, 0.25) is 0 Å². The van der Waals surface area contributed by atoms with Gasteiger partial charge in [-0.25, -0.2) is 0 Å². The van der Waals surface area contributed by atoms with E-state index in [1.807, 2.05) is 6.07 Å². The number of methoxy groups -OCH3 is 1. The lowest BCUT2D eigenvalue weighted by molar-refractivity contribution is 0.415. The van der Waals surface area contributed by atoms with Gasteiger partial charge in [0.05, 0.1) is 7.11 Å². The molecule has 20 heavy (non-hydrogen) atoms. The van der Waals surface area contributed by atoms with Crippen molar-refractivity contribution in [1.82, 2.24) is 4.98 Å². The van der Waals surface area contributed by atoms with Crippen LogP contribution >= 0.6 is 0 Å². The number of aryl methyl sites for hydroxylation is 2. The van der Waals surface area contributed by atoms with Crippen LogP contribution in [0.25, 0.3) is 22.2 Å². The quantitative estimate of drug-likeness (QED) is 0.694. The SMILES string of the molecule is COc1ccc2[nH]c3c(c2c1)CCCc1ccccc1-3. The number of H-pyrrole nitrogens is 1. The molecule has 0 saturated heterocycles. The van der Waals surface area contributed by atoms with Gasteiger partial charge in [-0.1, -0.05) is 24.3 Å². The van der Waals surface area contributed by atoms with Gasteiger partial charge in [0, 0.05) is 22.2 Å². The number of hydrogen-bond acceptors (Lipinski definition) is 1. The fourth-order valence-corrected chi connectivity index (χ4v) is 3.28. The molecule has 0 aliphatic heterocycles. The normalized spacial score (nSPS) is 13.7. The van der Waals surface area contributed by atoms with Crippen LogP contribution in [0.1, 0.15) is 17.5 Å². The van der Waals surface area contributed by atoms with Crippen LogP contribution in [0.4, 0.5) is 0 Å². The zero-order valence-electron chi connectivity index (χ0n) is 11.6. The largest absolute Gasteiger partial charge is 0.497 e. The predicted octanol–water partition coefficient (Wildman–Crippen LogP) is 4.33. The molecule has 0 fully saturated rings. The number of hydrogen-bond donors (Lipinski definition) is 1. The topological polar surface area (TPSA) is 25.0 Å². The molecule has 2 heteroatoms. The highest BCUT2D eigenvalue weighted by molar-refractivity contribution is 5.92. The highest BCUT2D eigenvalue weighted by atomic mass is 16.5. The second kappa shape index (κ2) is 4.41. The third kappa shape index (κ3) is 1.64. The van der Waals surface area contributed by atoms with Gasteiger partial charge >= 0.3 is 0 Å². The molecule has 0 saturated carbocycles. The van der Waals surface area contributed by atoms with Gasteiger partial charge in [0.1, 0.15) is 5.75 Å². The molecule has 1 heterocycles. The van der Waals surface area contributed by atoms with Gasteiger partial charge in [0.15, 0.2) is 0 Å². The molecule has 0 unspecified atom stereocenters. The maximum Gasteiger partial charge on any atom is 0.119 e. The highest BCUT2D eigenvalue weighted by Crippen LogP contribution is 2.37. The summed E-state index contributed by atoms with van der Waals surface area (Å²) in [7, 11) is 1.72. The number of aromatic nitrogens is 1. The lowest BCUT2D eigenvalue weighted by Crippen LogP contribution is -1.87. The number of benzene rings is 2. The van der Waals surface area contributed by atoms with Gasteiger partial charge in [-0.3, -0.25) is 0 Å². The summed E-state index contributed by atoms with van der Waals surface area (Å²) in [4.78, 5) is 3.61. The second-order valence-corrected chi connectivity index (χ2v) is 5.40. The number of aromatic amines is 1. The molecule has 1 aliphatic rings. The second-order valence-electron chi connectivity index (χ2n) is 5.40. The minimum atomic E-state index is 0.928. The van der Waals surface area contributed by atoms with E-state index in [4.69, 9.17) is 4.74 Å². The van der Waals surface area contributed by atoms with Gasteiger partial charge in [-0.05, 0) is 48.6 Å². The molecule has 2 aromatic carbocycles. The summed E-state index contributed by atoms with van der Waals surface area (Å²) < 4.78 is 5.37. The standard InChI is InChI=1S/C18H17NO/c1-20-13-9-10-17-16(11-13)15-8-4-6-12-5-2-3-7-14(12)18(15)19-17/h2-3,5,7,9-11,19H,4,6,8H2,1H3. The first kappa shape index (κ1) is 11.6. The van der Waals surface area contributed by atoms with Crippen LogP contribution in [0.3, 0.4) is 0 Å². The first-order valence-corrected chi connectivity index (χ1v) is 7.13. The van der Waals surface area contributed by atoms with Crippen LogP contribution in [0.5, 0.6) is 5.75 Å². The summed E-state index contributed by atoms with van der Waals surface area (Å²) in [6.45, 7) is 0. The van der Waals surface area contributed by atoms with Crippen molar-refractivity contribution in [3.8, 4) is 17.0 Å². The zero-order valence-corrected chi connectivity index (χ0v) is 11.6. The molecule has 0 amide bonds. The number of rotatable bonds is 1. The van der Waals surface area contributed by atoms with Gasteiger partial charge in [-0.15, -0.1) is 0 Å². The average molecular weight is 263 g/mol. The lowest BCUT2D eigenvalue weighted by atomic mass is 10.0. The molecule has 0 atom stereocenters. The zero-order chi connectivity index (χ0) is 13.5. The molecule has 0 radical (unpaired) electrons. The smallest absolute Gasteiger partial charge is 0.119 e. The van der Waals surface area contributed by atoms with Crippen molar-refractivity contribution in [3.63, 3.8) is 0 Å². The third-order valence-corrected chi connectivity index (χ3v) is 4.27. The average Bonchev–Trinajstić information content (AvgIpc) is 2.75. The minimum Gasteiger partial charge on any atom is -0.497 e. The molecule has 100 valence electrons. The monoisotopic (exact) mass is 263 g/mol. The van der Waals surface area contributed by atoms with E-state index < -0.39 is 0 Å². The maximum atomic E-state index is 5.37. The van der Waals surface area contributed by atoms with Crippen molar-refractivity contribution in [2.75, 3.05) is 7.11 Å². The van der Waals surface area contributed by atoms with Gasteiger partial charge < -0.3 is 9.72 Å². The number of nitrogens with one attached hydrogen (secondary N) is 1. The van der Waals surface area contributed by atoms with Crippen LogP contribution in [-0.4, -0.2) is 12.1 Å². The minimum absolute atomic E-state index is 0.928. The van der Waals surface area contributed by atoms with E-state index in [1.165, 1.54) is 39.7 Å². The molecular weight excluding hydrogens is 246 g/mol. The lowest BCUT2D eigenvalue weighted by Gasteiger charge is -2.04. The third-order valence-electron chi connectivity index (χ3n) is 4.27. The molecule has 3 aromatic rings. The van der Waals surface area contributed by atoms with Crippen molar-refractivity contribution in [3.05, 3.63) is 53.6 Å². The summed E-state index contributed by atoms with van der Waals surface area (Å²) in [5.41, 5.74) is 6.73. The van der Waals surface area contributed by atoms with Crippen molar-refractivity contribution in [2.24, 2.45) is 0 Å². The van der Waals surface area contributed by atoms with Crippen molar-refractivity contribution < 1.29 is 4.74 Å². The van der Waals surface area contributed by atoms with E-state index in [2.05, 4.69) is 41.4 Å². The van der Waals surface area contributed by atoms with Gasteiger partial charge in [0.25, 0.3) is 0 Å². The Balaban J connectivity index is 2.03. The Morgan fingerprint density at radius 2 is 1.95 bits per heavy atom. The Morgan fingerprint density at radius 3 is 2.85 bits per heavy atom. The maximum absolute atomic E-state index is 5.37. The summed E-state index contributed by atoms with van der Waals surface area (Å²) in [5, 5.41) is 1.30. The summed E-state index contributed by atoms with van der Waals surface area (Å²) >= 11 is 0. The molecule has 1 N–H and O–H groups in total. The summed E-state index contributed by atoms with van der Waals surface area (Å²) in [6.07, 6.45) is 3.48. The van der Waals surface area contributed by atoms with Crippen molar-refractivity contribution >= 4 is 10.9 Å². The Hall–Kier alpha value is -2.22. The van der Waals surface area contributed by atoms with E-state index >= 15 is 0 Å². The van der Waals surface area contributed by atoms with Gasteiger partial charge in [0.2, 0.25) is 0 Å². The Kier molecular flexibility index (Phi) is 2.56. The highest BCUT2D eigenvalue weighted by Gasteiger charge is 2.18. The molecule has 1 aromatic heterocycles. The molecule has 2 nitrogen and oxygen atoms in total. The van der Waals surface area contributed by atoms with Crippen LogP contribution in [-0.2, 0) is 12.8 Å². The molecular formula is C18H17NO.